The lowest BCUT2D eigenvalue weighted by molar-refractivity contribution is -0.118. The zero-order valence-corrected chi connectivity index (χ0v) is 13.6. The van der Waals surface area contributed by atoms with E-state index in [0.717, 1.165) is 5.56 Å². The minimum absolute atomic E-state index is 0.116. The number of carbonyl (C=O) groups excluding carboxylic acids is 1. The summed E-state index contributed by atoms with van der Waals surface area (Å²) >= 11 is 5.80. The van der Waals surface area contributed by atoms with Crippen LogP contribution in [0.15, 0.2) is 53.1 Å². The molecule has 0 radical (unpaired) electrons. The van der Waals surface area contributed by atoms with Crippen LogP contribution in [-0.4, -0.2) is 22.7 Å². The molecular formula is C17H14ClN3O3. The van der Waals surface area contributed by atoms with E-state index in [2.05, 4.69) is 15.5 Å². The van der Waals surface area contributed by atoms with Crippen molar-refractivity contribution in [3.05, 3.63) is 59.4 Å². The normalized spacial score (nSPS) is 10.4. The van der Waals surface area contributed by atoms with Gasteiger partial charge in [0.25, 0.3) is 11.8 Å². The van der Waals surface area contributed by atoms with Gasteiger partial charge in [0, 0.05) is 16.3 Å². The van der Waals surface area contributed by atoms with Crippen molar-refractivity contribution >= 4 is 23.2 Å². The summed E-state index contributed by atoms with van der Waals surface area (Å²) in [5.41, 5.74) is 1.38. The molecule has 1 aromatic heterocycles. The van der Waals surface area contributed by atoms with Gasteiger partial charge in [-0.05, 0) is 49.4 Å². The van der Waals surface area contributed by atoms with Gasteiger partial charge in [0.15, 0.2) is 12.4 Å². The van der Waals surface area contributed by atoms with Crippen molar-refractivity contribution in [1.82, 2.24) is 10.1 Å². The molecule has 1 heterocycles. The van der Waals surface area contributed by atoms with E-state index < -0.39 is 0 Å². The van der Waals surface area contributed by atoms with Crippen molar-refractivity contribution in [2.45, 2.75) is 6.92 Å². The average Bonchev–Trinajstić information content (AvgIpc) is 3.02. The number of hydrogen-bond donors (Lipinski definition) is 1. The Bertz CT molecular complexity index is 846. The lowest BCUT2D eigenvalue weighted by Gasteiger charge is -2.08. The number of ether oxygens (including phenoxy) is 1. The number of aromatic nitrogens is 2. The monoisotopic (exact) mass is 343 g/mol. The van der Waals surface area contributed by atoms with E-state index in [9.17, 15) is 4.79 Å². The van der Waals surface area contributed by atoms with Crippen LogP contribution in [-0.2, 0) is 4.79 Å². The van der Waals surface area contributed by atoms with Crippen LogP contribution in [0.4, 0.5) is 5.69 Å². The molecule has 0 spiro atoms. The van der Waals surface area contributed by atoms with Crippen molar-refractivity contribution in [3.63, 3.8) is 0 Å². The summed E-state index contributed by atoms with van der Waals surface area (Å²) < 4.78 is 10.6. The first-order chi connectivity index (χ1) is 11.6. The highest BCUT2D eigenvalue weighted by atomic mass is 35.5. The molecule has 1 N–H and O–H groups in total. The molecule has 3 rings (SSSR count). The first-order valence-corrected chi connectivity index (χ1v) is 7.57. The highest BCUT2D eigenvalue weighted by Gasteiger charge is 2.08. The van der Waals surface area contributed by atoms with Gasteiger partial charge in [-0.1, -0.05) is 22.8 Å². The maximum atomic E-state index is 11.9. The molecule has 0 fully saturated rings. The van der Waals surface area contributed by atoms with E-state index in [-0.39, 0.29) is 12.5 Å². The maximum absolute atomic E-state index is 11.9. The Morgan fingerprint density at radius 3 is 2.75 bits per heavy atom. The number of hydrogen-bond acceptors (Lipinski definition) is 5. The van der Waals surface area contributed by atoms with Crippen LogP contribution in [0, 0.1) is 6.92 Å². The number of anilines is 1. The van der Waals surface area contributed by atoms with Crippen LogP contribution < -0.4 is 10.1 Å². The average molecular weight is 344 g/mol. The van der Waals surface area contributed by atoms with E-state index in [1.165, 1.54) is 0 Å². The fraction of sp³-hybridized carbons (Fsp3) is 0.118. The van der Waals surface area contributed by atoms with E-state index in [1.807, 2.05) is 6.07 Å². The standard InChI is InChI=1S/C17H14ClN3O3/c1-11-19-17(24-21-11)12-3-2-4-15(9-12)23-10-16(22)20-14-7-5-13(18)6-8-14/h2-9H,10H2,1H3,(H,20,22). The van der Waals surface area contributed by atoms with E-state index in [4.69, 9.17) is 20.9 Å². The topological polar surface area (TPSA) is 77.2 Å². The minimum atomic E-state index is -0.267. The predicted octanol–water partition coefficient (Wildman–Crippen LogP) is 3.72. The number of carbonyl (C=O) groups is 1. The van der Waals surface area contributed by atoms with Crippen molar-refractivity contribution in [3.8, 4) is 17.2 Å². The summed E-state index contributed by atoms with van der Waals surface area (Å²) in [6, 6.07) is 14.0. The number of benzene rings is 2. The largest absolute Gasteiger partial charge is 0.484 e. The molecule has 0 saturated carbocycles. The first-order valence-electron chi connectivity index (χ1n) is 7.19. The number of amides is 1. The molecular weight excluding hydrogens is 330 g/mol. The van der Waals surface area contributed by atoms with Crippen molar-refractivity contribution in [2.75, 3.05) is 11.9 Å². The van der Waals surface area contributed by atoms with E-state index in [0.29, 0.717) is 28.2 Å². The number of nitrogens with zero attached hydrogens (tertiary/aromatic N) is 2. The number of halogens is 1. The molecule has 24 heavy (non-hydrogen) atoms. The van der Waals surface area contributed by atoms with Crippen LogP contribution in [0.1, 0.15) is 5.82 Å². The van der Waals surface area contributed by atoms with Crippen LogP contribution in [0.3, 0.4) is 0 Å². The molecule has 0 unspecified atom stereocenters. The molecule has 122 valence electrons. The van der Waals surface area contributed by atoms with Gasteiger partial charge in [-0.3, -0.25) is 4.79 Å². The molecule has 0 aliphatic rings. The second-order valence-corrected chi connectivity index (χ2v) is 5.45. The predicted molar refractivity (Wildman–Crippen MR) is 90.0 cm³/mol. The fourth-order valence-corrected chi connectivity index (χ4v) is 2.14. The van der Waals surface area contributed by atoms with Crippen LogP contribution in [0.25, 0.3) is 11.5 Å². The highest BCUT2D eigenvalue weighted by molar-refractivity contribution is 6.30. The molecule has 6 nitrogen and oxygen atoms in total. The Hall–Kier alpha value is -2.86. The second-order valence-electron chi connectivity index (χ2n) is 5.02. The van der Waals surface area contributed by atoms with Gasteiger partial charge in [0.2, 0.25) is 0 Å². The Balaban J connectivity index is 1.60. The highest BCUT2D eigenvalue weighted by Crippen LogP contribution is 2.22. The Morgan fingerprint density at radius 1 is 1.25 bits per heavy atom. The van der Waals surface area contributed by atoms with Gasteiger partial charge in [0.05, 0.1) is 0 Å². The third-order valence-electron chi connectivity index (χ3n) is 3.11. The summed E-state index contributed by atoms with van der Waals surface area (Å²) in [5, 5.41) is 7.08. The lowest BCUT2D eigenvalue weighted by atomic mass is 10.2. The third kappa shape index (κ3) is 4.11. The van der Waals surface area contributed by atoms with Gasteiger partial charge >= 0.3 is 0 Å². The zero-order valence-electron chi connectivity index (χ0n) is 12.8. The molecule has 0 saturated heterocycles. The second kappa shape index (κ2) is 7.14. The van der Waals surface area contributed by atoms with Crippen LogP contribution in [0.2, 0.25) is 5.02 Å². The minimum Gasteiger partial charge on any atom is -0.484 e. The van der Waals surface area contributed by atoms with Crippen molar-refractivity contribution in [2.24, 2.45) is 0 Å². The Kier molecular flexibility index (Phi) is 4.77. The summed E-state index contributed by atoms with van der Waals surface area (Å²) in [5.74, 6) is 1.23. The summed E-state index contributed by atoms with van der Waals surface area (Å²) in [7, 11) is 0. The molecule has 3 aromatic rings. The number of rotatable bonds is 5. The van der Waals surface area contributed by atoms with Crippen LogP contribution in [0.5, 0.6) is 5.75 Å². The summed E-state index contributed by atoms with van der Waals surface area (Å²) in [4.78, 5) is 16.1. The smallest absolute Gasteiger partial charge is 0.262 e. The third-order valence-corrected chi connectivity index (χ3v) is 3.36. The number of aryl methyl sites for hydroxylation is 1. The van der Waals surface area contributed by atoms with Gasteiger partial charge in [0.1, 0.15) is 5.75 Å². The summed E-state index contributed by atoms with van der Waals surface area (Å²) in [6.07, 6.45) is 0. The molecule has 7 heteroatoms. The lowest BCUT2D eigenvalue weighted by Crippen LogP contribution is -2.20. The van der Waals surface area contributed by atoms with E-state index >= 15 is 0 Å². The van der Waals surface area contributed by atoms with Crippen molar-refractivity contribution in [1.29, 1.82) is 0 Å². The molecule has 0 atom stereocenters. The maximum Gasteiger partial charge on any atom is 0.262 e. The molecule has 0 bridgehead atoms. The zero-order chi connectivity index (χ0) is 16.9. The van der Waals surface area contributed by atoms with Crippen molar-refractivity contribution < 1.29 is 14.1 Å². The van der Waals surface area contributed by atoms with E-state index in [1.54, 1.807) is 49.4 Å². The molecule has 0 aliphatic carbocycles. The Morgan fingerprint density at radius 2 is 2.04 bits per heavy atom. The quantitative estimate of drug-likeness (QED) is 0.764. The van der Waals surface area contributed by atoms with Gasteiger partial charge < -0.3 is 14.6 Å². The fourth-order valence-electron chi connectivity index (χ4n) is 2.01. The molecule has 0 aliphatic heterocycles. The van der Waals surface area contributed by atoms with Gasteiger partial charge in [-0.15, -0.1) is 0 Å². The van der Waals surface area contributed by atoms with Gasteiger partial charge in [-0.25, -0.2) is 0 Å². The summed E-state index contributed by atoms with van der Waals surface area (Å²) in [6.45, 7) is 1.63. The van der Waals surface area contributed by atoms with Gasteiger partial charge in [-0.2, -0.15) is 4.98 Å². The first kappa shape index (κ1) is 16.0. The van der Waals surface area contributed by atoms with Crippen LogP contribution >= 0.6 is 11.6 Å². The SMILES string of the molecule is Cc1noc(-c2cccc(OCC(=O)Nc3ccc(Cl)cc3)c2)n1. The number of nitrogens with one attached hydrogen (secondary N) is 1. The molecule has 2 aromatic carbocycles. The molecule has 1 amide bonds. The Labute approximate surface area is 143 Å².